The van der Waals surface area contributed by atoms with E-state index in [9.17, 15) is 8.78 Å². The Morgan fingerprint density at radius 1 is 1.15 bits per heavy atom. The molecule has 2 heterocycles. The molecule has 1 saturated heterocycles. The molecule has 4 nitrogen and oxygen atoms in total. The molecule has 1 aliphatic rings. The minimum Gasteiger partial charge on any atom is -0.342 e. The van der Waals surface area contributed by atoms with Gasteiger partial charge in [-0.15, -0.1) is 6.58 Å². The molecule has 3 rings (SSSR count). The van der Waals surface area contributed by atoms with Gasteiger partial charge in [0.25, 0.3) is 0 Å². The number of hydrogen-bond donors (Lipinski definition) is 0. The number of rotatable bonds is 4. The van der Waals surface area contributed by atoms with Crippen LogP contribution in [0.2, 0.25) is 0 Å². The van der Waals surface area contributed by atoms with Gasteiger partial charge in [-0.25, -0.2) is 18.7 Å². The van der Waals surface area contributed by atoms with E-state index in [-0.39, 0.29) is 0 Å². The highest BCUT2D eigenvalue weighted by molar-refractivity contribution is 5.55. The molecule has 26 heavy (non-hydrogen) atoms. The third kappa shape index (κ3) is 4.72. The molecule has 0 amide bonds. The maximum absolute atomic E-state index is 13.3. The van der Waals surface area contributed by atoms with Crippen LogP contribution in [0, 0.1) is 29.4 Å². The third-order valence-electron chi connectivity index (χ3n) is 3.91. The first-order valence-corrected chi connectivity index (χ1v) is 8.29. The zero-order valence-electron chi connectivity index (χ0n) is 14.1. The second-order valence-electron chi connectivity index (χ2n) is 5.92. The van der Waals surface area contributed by atoms with Crippen molar-refractivity contribution in [2.45, 2.75) is 19.1 Å². The molecular weight excluding hydrogens is 338 g/mol. The summed E-state index contributed by atoms with van der Waals surface area (Å²) in [5, 5.41) is 0. The average molecular weight is 356 g/mol. The Kier molecular flexibility index (Phi) is 6.05. The van der Waals surface area contributed by atoms with Crippen LogP contribution in [-0.2, 0) is 9.47 Å². The fourth-order valence-electron chi connectivity index (χ4n) is 2.47. The normalized spacial score (nSPS) is 19.5. The van der Waals surface area contributed by atoms with Crippen LogP contribution >= 0.6 is 0 Å². The topological polar surface area (TPSA) is 44.2 Å². The van der Waals surface area contributed by atoms with Crippen molar-refractivity contribution in [1.29, 1.82) is 0 Å². The molecule has 0 N–H and O–H groups in total. The molecule has 6 heteroatoms. The Balaban J connectivity index is 1.59. The Morgan fingerprint density at radius 3 is 2.54 bits per heavy atom. The van der Waals surface area contributed by atoms with Crippen molar-refractivity contribution >= 4 is 0 Å². The predicted octanol–water partition coefficient (Wildman–Crippen LogP) is 3.73. The zero-order valence-corrected chi connectivity index (χ0v) is 14.1. The first-order valence-electron chi connectivity index (χ1n) is 8.29. The number of nitrogens with zero attached hydrogens (tertiary/aromatic N) is 2. The summed E-state index contributed by atoms with van der Waals surface area (Å²) in [6, 6.07) is 3.52. The molecule has 1 aromatic heterocycles. The summed E-state index contributed by atoms with van der Waals surface area (Å²) in [7, 11) is 0. The Bertz CT molecular complexity index is 820. The SMILES string of the molecule is C=CCC[C@H]1CO[C@H](C#Cc2cnc(-c3ccc(F)c(F)c3)nc2)OC1. The van der Waals surface area contributed by atoms with Crippen LogP contribution in [0.25, 0.3) is 11.4 Å². The molecule has 0 spiro atoms. The number of aromatic nitrogens is 2. The van der Waals surface area contributed by atoms with Crippen molar-refractivity contribution in [2.75, 3.05) is 13.2 Å². The average Bonchev–Trinajstić information content (AvgIpc) is 2.68. The van der Waals surface area contributed by atoms with Gasteiger partial charge in [0.15, 0.2) is 17.5 Å². The van der Waals surface area contributed by atoms with Gasteiger partial charge in [-0.2, -0.15) is 0 Å². The molecular formula is C20H18F2N2O2. The Labute approximate surface area is 150 Å². The van der Waals surface area contributed by atoms with Gasteiger partial charge in [0.1, 0.15) is 0 Å². The van der Waals surface area contributed by atoms with Gasteiger partial charge in [0.05, 0.1) is 18.8 Å². The van der Waals surface area contributed by atoms with E-state index in [0.717, 1.165) is 25.0 Å². The maximum Gasteiger partial charge on any atom is 0.222 e. The molecule has 134 valence electrons. The second kappa shape index (κ2) is 8.65. The van der Waals surface area contributed by atoms with E-state index >= 15 is 0 Å². The van der Waals surface area contributed by atoms with E-state index in [1.807, 2.05) is 6.08 Å². The first-order chi connectivity index (χ1) is 12.7. The summed E-state index contributed by atoms with van der Waals surface area (Å²) in [5.74, 6) is 4.60. The van der Waals surface area contributed by atoms with E-state index in [2.05, 4.69) is 28.4 Å². The van der Waals surface area contributed by atoms with E-state index < -0.39 is 17.9 Å². The van der Waals surface area contributed by atoms with Crippen molar-refractivity contribution in [3.8, 4) is 23.2 Å². The highest BCUT2D eigenvalue weighted by Crippen LogP contribution is 2.18. The number of hydrogen-bond acceptors (Lipinski definition) is 4. The molecule has 0 atom stereocenters. The van der Waals surface area contributed by atoms with Crippen molar-refractivity contribution in [2.24, 2.45) is 5.92 Å². The fourth-order valence-corrected chi connectivity index (χ4v) is 2.47. The van der Waals surface area contributed by atoms with E-state index in [4.69, 9.17) is 9.47 Å². The van der Waals surface area contributed by atoms with Gasteiger partial charge in [-0.3, -0.25) is 0 Å². The van der Waals surface area contributed by atoms with Crippen LogP contribution in [-0.4, -0.2) is 29.5 Å². The summed E-state index contributed by atoms with van der Waals surface area (Å²) in [5.41, 5.74) is 0.977. The van der Waals surface area contributed by atoms with Crippen molar-refractivity contribution in [3.63, 3.8) is 0 Å². The Morgan fingerprint density at radius 2 is 1.88 bits per heavy atom. The minimum atomic E-state index is -0.937. The number of ether oxygens (including phenoxy) is 2. The van der Waals surface area contributed by atoms with Crippen LogP contribution in [0.3, 0.4) is 0 Å². The lowest BCUT2D eigenvalue weighted by atomic mass is 10.1. The van der Waals surface area contributed by atoms with Crippen LogP contribution in [0.15, 0.2) is 43.2 Å². The number of halogens is 2. The van der Waals surface area contributed by atoms with Crippen molar-refractivity contribution in [3.05, 3.63) is 60.4 Å². The summed E-state index contributed by atoms with van der Waals surface area (Å²) in [4.78, 5) is 8.27. The smallest absolute Gasteiger partial charge is 0.222 e. The lowest BCUT2D eigenvalue weighted by molar-refractivity contribution is -0.169. The summed E-state index contributed by atoms with van der Waals surface area (Å²) in [6.45, 7) is 4.93. The Hall–Kier alpha value is -2.62. The minimum absolute atomic E-state index is 0.296. The van der Waals surface area contributed by atoms with Crippen LogP contribution in [0.1, 0.15) is 18.4 Å². The highest BCUT2D eigenvalue weighted by atomic mass is 19.2. The fraction of sp³-hybridized carbons (Fsp3) is 0.300. The first kappa shape index (κ1) is 18.2. The van der Waals surface area contributed by atoms with Gasteiger partial charge in [0, 0.05) is 23.9 Å². The summed E-state index contributed by atoms with van der Waals surface area (Å²) in [6.07, 6.45) is 6.29. The van der Waals surface area contributed by atoms with Crippen LogP contribution in [0.4, 0.5) is 8.78 Å². The number of benzene rings is 1. The molecule has 0 saturated carbocycles. The van der Waals surface area contributed by atoms with Crippen LogP contribution < -0.4 is 0 Å². The number of allylic oxidation sites excluding steroid dienone is 1. The molecule has 0 aliphatic carbocycles. The van der Waals surface area contributed by atoms with Gasteiger partial charge in [0.2, 0.25) is 6.29 Å². The second-order valence-corrected chi connectivity index (χ2v) is 5.92. The predicted molar refractivity (Wildman–Crippen MR) is 92.9 cm³/mol. The van der Waals surface area contributed by atoms with E-state index in [0.29, 0.717) is 36.1 Å². The van der Waals surface area contributed by atoms with Gasteiger partial charge < -0.3 is 9.47 Å². The lowest BCUT2D eigenvalue weighted by Crippen LogP contribution is -2.31. The highest BCUT2D eigenvalue weighted by Gasteiger charge is 2.19. The molecule has 1 aromatic carbocycles. The van der Waals surface area contributed by atoms with E-state index in [1.165, 1.54) is 18.5 Å². The molecule has 1 aliphatic heterocycles. The van der Waals surface area contributed by atoms with Crippen molar-refractivity contribution in [1.82, 2.24) is 9.97 Å². The molecule has 2 aromatic rings. The standard InChI is InChI=1S/C20H18F2N2O2/c1-2-3-4-15-12-25-19(26-13-15)8-5-14-10-23-20(24-11-14)16-6-7-17(21)18(22)9-16/h2,6-7,9-11,15,19H,1,3-4,12-13H2/t15-,19-. The molecule has 0 unspecified atom stereocenters. The van der Waals surface area contributed by atoms with E-state index in [1.54, 1.807) is 0 Å². The molecule has 1 fully saturated rings. The maximum atomic E-state index is 13.3. The van der Waals surface area contributed by atoms with Gasteiger partial charge in [-0.1, -0.05) is 12.0 Å². The zero-order chi connectivity index (χ0) is 18.4. The molecule has 0 bridgehead atoms. The van der Waals surface area contributed by atoms with Crippen LogP contribution in [0.5, 0.6) is 0 Å². The largest absolute Gasteiger partial charge is 0.342 e. The molecule has 0 radical (unpaired) electrons. The monoisotopic (exact) mass is 356 g/mol. The summed E-state index contributed by atoms with van der Waals surface area (Å²) >= 11 is 0. The van der Waals surface area contributed by atoms with Gasteiger partial charge >= 0.3 is 0 Å². The summed E-state index contributed by atoms with van der Waals surface area (Å²) < 4.78 is 37.4. The van der Waals surface area contributed by atoms with Gasteiger partial charge in [-0.05, 0) is 37.0 Å². The quantitative estimate of drug-likeness (QED) is 0.619. The third-order valence-corrected chi connectivity index (χ3v) is 3.91. The van der Waals surface area contributed by atoms with Crippen molar-refractivity contribution < 1.29 is 18.3 Å². The lowest BCUT2D eigenvalue weighted by Gasteiger charge is -2.26.